The minimum absolute atomic E-state index is 0. The van der Waals surface area contributed by atoms with Gasteiger partial charge in [0.1, 0.15) is 35.1 Å². The second kappa shape index (κ2) is 19.4. The van der Waals surface area contributed by atoms with E-state index in [0.717, 1.165) is 21.2 Å². The summed E-state index contributed by atoms with van der Waals surface area (Å²) in [6.45, 7) is 31.2. The first-order valence-corrected chi connectivity index (χ1v) is 16.7. The molecule has 1 saturated carbocycles. The Bertz CT molecular complexity index is 1420. The van der Waals surface area contributed by atoms with E-state index >= 15 is 0 Å². The number of nitriles is 1. The Morgan fingerprint density at radius 3 is 1.20 bits per heavy atom. The van der Waals surface area contributed by atoms with E-state index in [1.807, 2.05) is 72.8 Å². The second-order valence-electron chi connectivity index (χ2n) is 10.4. The average Bonchev–Trinajstić information content (AvgIpc) is 3.13. The van der Waals surface area contributed by atoms with Gasteiger partial charge in [-0.15, -0.1) is 0 Å². The van der Waals surface area contributed by atoms with Crippen LogP contribution in [0.15, 0.2) is 121 Å². The molecule has 0 N–H and O–H groups in total. The molecule has 46 heavy (non-hydrogen) atoms. The predicted octanol–water partition coefficient (Wildman–Crippen LogP) is 5.45. The molecule has 1 aliphatic carbocycles. The van der Waals surface area contributed by atoms with Crippen LogP contribution in [0.25, 0.3) is 9.69 Å². The molecule has 0 aliphatic heterocycles. The maximum Gasteiger partial charge on any atom is 4.00 e. The Morgan fingerprint density at radius 2 is 0.913 bits per heavy atom. The maximum absolute atomic E-state index is 11.2. The van der Waals surface area contributed by atoms with Gasteiger partial charge in [-0.3, -0.25) is 32.1 Å². The number of hydrogen-bond donors (Lipinski definition) is 0. The summed E-state index contributed by atoms with van der Waals surface area (Å²) in [5, 5.41) is 13.8. The molecule has 0 radical (unpaired) electrons. The van der Waals surface area contributed by atoms with Crippen LogP contribution in [0, 0.1) is 31.4 Å². The molecule has 0 aromatic heterocycles. The fraction of sp³-hybridized carbons (Fsp3) is 0.162. The quantitative estimate of drug-likeness (QED) is 0.115. The third-order valence-electron chi connectivity index (χ3n) is 7.71. The van der Waals surface area contributed by atoms with Crippen molar-refractivity contribution in [2.24, 2.45) is 0 Å². The summed E-state index contributed by atoms with van der Waals surface area (Å²) in [5.74, 6) is 0. The van der Waals surface area contributed by atoms with Crippen LogP contribution in [0.2, 0.25) is 0 Å². The third-order valence-corrected chi connectivity index (χ3v) is 14.2. The Morgan fingerprint density at radius 1 is 0.587 bits per heavy atom. The first kappa shape index (κ1) is 39.9. The molecular formula is C37H33MoN3O3P2+2. The van der Waals surface area contributed by atoms with Gasteiger partial charge in [0.05, 0.1) is 25.0 Å². The maximum atomic E-state index is 11.2. The molecule has 0 spiro atoms. The summed E-state index contributed by atoms with van der Waals surface area (Å²) in [6.07, 6.45) is 1.13. The van der Waals surface area contributed by atoms with Gasteiger partial charge in [0.25, 0.3) is 0 Å². The topological polar surface area (TPSA) is 83.7 Å². The molecule has 228 valence electrons. The van der Waals surface area contributed by atoms with Gasteiger partial charge in [0, 0.05) is 0 Å². The molecular weight excluding hydrogens is 692 g/mol. The molecule has 6 nitrogen and oxygen atoms in total. The van der Waals surface area contributed by atoms with Crippen LogP contribution < -0.4 is 21.2 Å². The van der Waals surface area contributed by atoms with Crippen LogP contribution in [0.3, 0.4) is 0 Å². The number of nitrogens with zero attached hydrogens (tertiary/aromatic N) is 3. The van der Waals surface area contributed by atoms with Crippen molar-refractivity contribution in [2.75, 3.05) is 0 Å². The van der Waals surface area contributed by atoms with Gasteiger partial charge in [-0.05, 0) is 48.5 Å². The zero-order chi connectivity index (χ0) is 33.3. The van der Waals surface area contributed by atoms with Crippen molar-refractivity contribution in [3.8, 4) is 6.07 Å². The standard InChI is InChI=1S/C34H28N3P2.3CHO.Mo/c1-32(36-2)24-33(27-35,38(28-16-8-4-9-17-28)29-18-10-5-11-19-29)26-34(25-32,37-3)39(30-20-12-6-13-21-30)31-22-14-7-15-23-31;3*1-2;/h4-23H,1,24-26H2;3*1H;/q4*-1;+4/p+2. The summed E-state index contributed by atoms with van der Waals surface area (Å²) < 4.78 is 0. The van der Waals surface area contributed by atoms with E-state index < -0.39 is 31.8 Å². The number of carbonyl (C=O) groups excluding carboxylic acids is 3. The van der Waals surface area contributed by atoms with Crippen LogP contribution in [-0.2, 0) is 35.4 Å². The SMILES string of the molecule is [C-]#[N+]C1([CH2-])CC(C#N)([PH+](c2ccccc2)c2ccccc2)CC([N+]#[C-])([PH+](c2ccccc2)c2ccccc2)C1.[CH-]=O.[CH-]=O.[CH-]=O.[Mo+4]. The Labute approximate surface area is 289 Å². The fourth-order valence-electron chi connectivity index (χ4n) is 6.34. The summed E-state index contributed by atoms with van der Waals surface area (Å²) in [4.78, 5) is 31.8. The molecule has 9 heteroatoms. The van der Waals surface area contributed by atoms with Crippen LogP contribution in [0.4, 0.5) is 0 Å². The van der Waals surface area contributed by atoms with E-state index in [9.17, 15) is 5.26 Å². The van der Waals surface area contributed by atoms with Crippen molar-refractivity contribution < 1.29 is 35.4 Å². The Balaban J connectivity index is 0.00000143. The molecule has 3 atom stereocenters. The summed E-state index contributed by atoms with van der Waals surface area (Å²) >= 11 is 0. The Hall–Kier alpha value is -4.09. The first-order chi connectivity index (χ1) is 22.0. The average molecular weight is 726 g/mol. The largest absolute Gasteiger partial charge is 4.00 e. The van der Waals surface area contributed by atoms with Crippen molar-refractivity contribution >= 4 is 57.4 Å². The smallest absolute Gasteiger partial charge is 0.545 e. The number of hydrogen-bond acceptors (Lipinski definition) is 4. The molecule has 0 amide bonds. The first-order valence-electron chi connectivity index (χ1n) is 13.7. The van der Waals surface area contributed by atoms with E-state index in [1.165, 1.54) is 0 Å². The number of benzene rings is 4. The van der Waals surface area contributed by atoms with Crippen molar-refractivity contribution in [1.82, 2.24) is 0 Å². The van der Waals surface area contributed by atoms with Gasteiger partial charge in [0.2, 0.25) is 0 Å². The van der Waals surface area contributed by atoms with Crippen LogP contribution in [0.5, 0.6) is 0 Å². The predicted molar refractivity (Wildman–Crippen MR) is 187 cm³/mol. The van der Waals surface area contributed by atoms with E-state index in [0.29, 0.717) is 19.3 Å². The second-order valence-corrected chi connectivity index (χ2v) is 16.1. The van der Waals surface area contributed by atoms with Crippen molar-refractivity contribution in [3.05, 3.63) is 151 Å². The van der Waals surface area contributed by atoms with E-state index in [1.54, 1.807) is 0 Å². The van der Waals surface area contributed by atoms with Crippen LogP contribution >= 0.6 is 15.8 Å². The molecule has 0 bridgehead atoms. The molecule has 1 fully saturated rings. The van der Waals surface area contributed by atoms with Crippen LogP contribution in [-0.4, -0.2) is 36.3 Å². The van der Waals surface area contributed by atoms with Gasteiger partial charge in [-0.2, -0.15) is 5.26 Å². The fourth-order valence-corrected chi connectivity index (χ4v) is 13.6. The minimum atomic E-state index is -1.74. The number of rotatable bonds is 6. The van der Waals surface area contributed by atoms with Gasteiger partial charge in [-0.1, -0.05) is 72.8 Å². The monoisotopic (exact) mass is 727 g/mol. The van der Waals surface area contributed by atoms with Gasteiger partial charge in [0.15, 0.2) is 13.1 Å². The molecule has 4 aromatic carbocycles. The minimum Gasteiger partial charge on any atom is -0.545 e. The molecule has 5 rings (SSSR count). The van der Waals surface area contributed by atoms with Gasteiger partial charge < -0.3 is 19.2 Å². The summed E-state index contributed by atoms with van der Waals surface area (Å²) in [6, 6.07) is 43.8. The van der Waals surface area contributed by atoms with Crippen molar-refractivity contribution in [1.29, 1.82) is 5.26 Å². The van der Waals surface area contributed by atoms with Crippen molar-refractivity contribution in [2.45, 2.75) is 35.2 Å². The zero-order valence-corrected chi connectivity index (χ0v) is 29.1. The Kier molecular flexibility index (Phi) is 16.9. The van der Waals surface area contributed by atoms with Crippen LogP contribution in [0.1, 0.15) is 19.3 Å². The normalized spacial score (nSPS) is 21.0. The summed E-state index contributed by atoms with van der Waals surface area (Å²) in [5.41, 5.74) is -1.07. The van der Waals surface area contributed by atoms with E-state index in [2.05, 4.69) is 91.6 Å². The van der Waals surface area contributed by atoms with Crippen molar-refractivity contribution in [3.63, 3.8) is 0 Å². The van der Waals surface area contributed by atoms with Gasteiger partial charge >= 0.3 is 26.3 Å². The van der Waals surface area contributed by atoms with E-state index in [-0.39, 0.29) is 21.1 Å². The molecule has 4 aromatic rings. The van der Waals surface area contributed by atoms with E-state index in [4.69, 9.17) is 27.5 Å². The summed E-state index contributed by atoms with van der Waals surface area (Å²) in [7, 11) is -3.48. The molecule has 0 heterocycles. The molecule has 3 unspecified atom stereocenters. The molecule has 1 aliphatic rings. The van der Waals surface area contributed by atoms with Gasteiger partial charge in [-0.25, -0.2) is 13.1 Å². The molecule has 0 saturated heterocycles. The zero-order valence-electron chi connectivity index (χ0n) is 25.1. The third kappa shape index (κ3) is 8.79.